The van der Waals surface area contributed by atoms with Crippen LogP contribution in [-0.4, -0.2) is 17.5 Å². The van der Waals surface area contributed by atoms with E-state index in [0.717, 1.165) is 5.56 Å². The highest BCUT2D eigenvalue weighted by molar-refractivity contribution is 6.30. The van der Waals surface area contributed by atoms with Gasteiger partial charge in [-0.3, -0.25) is 9.78 Å². The lowest BCUT2D eigenvalue weighted by Gasteiger charge is -2.08. The van der Waals surface area contributed by atoms with Crippen molar-refractivity contribution >= 4 is 23.2 Å². The molecule has 1 aromatic carbocycles. The lowest BCUT2D eigenvalue weighted by Crippen LogP contribution is -2.20. The number of aromatic nitrogens is 1. The van der Waals surface area contributed by atoms with Crippen molar-refractivity contribution in [2.75, 3.05) is 11.9 Å². The Bertz CT molecular complexity index is 570. The zero-order chi connectivity index (χ0) is 13.7. The van der Waals surface area contributed by atoms with Crippen LogP contribution in [0.1, 0.15) is 5.56 Å². The molecule has 2 aromatic rings. The van der Waals surface area contributed by atoms with Crippen molar-refractivity contribution in [3.05, 3.63) is 53.3 Å². The molecule has 0 aliphatic heterocycles. The molecule has 0 aliphatic carbocycles. The van der Waals surface area contributed by atoms with Gasteiger partial charge in [0.1, 0.15) is 5.75 Å². The van der Waals surface area contributed by atoms with Gasteiger partial charge in [0.2, 0.25) is 0 Å². The minimum atomic E-state index is -0.231. The molecule has 98 valence electrons. The fourth-order valence-electron chi connectivity index (χ4n) is 1.46. The average molecular weight is 277 g/mol. The zero-order valence-corrected chi connectivity index (χ0v) is 11.1. The number of carbonyl (C=O) groups is 1. The van der Waals surface area contributed by atoms with E-state index in [1.165, 1.54) is 0 Å². The van der Waals surface area contributed by atoms with Gasteiger partial charge in [-0.25, -0.2) is 0 Å². The predicted molar refractivity (Wildman–Crippen MR) is 74.6 cm³/mol. The summed E-state index contributed by atoms with van der Waals surface area (Å²) in [6, 6.07) is 8.67. The minimum absolute atomic E-state index is 0.0596. The number of carbonyl (C=O) groups excluding carboxylic acids is 1. The highest BCUT2D eigenvalue weighted by atomic mass is 35.5. The van der Waals surface area contributed by atoms with Gasteiger partial charge in [-0.15, -0.1) is 0 Å². The first-order valence-electron chi connectivity index (χ1n) is 5.74. The molecule has 5 heteroatoms. The molecule has 0 radical (unpaired) electrons. The second-order valence-electron chi connectivity index (χ2n) is 3.98. The summed E-state index contributed by atoms with van der Waals surface area (Å²) in [6.45, 7) is 1.84. The van der Waals surface area contributed by atoms with Crippen molar-refractivity contribution in [2.45, 2.75) is 6.92 Å². The Balaban J connectivity index is 1.88. The number of ether oxygens (including phenoxy) is 1. The molecule has 1 aromatic heterocycles. The Kier molecular flexibility index (Phi) is 4.36. The second kappa shape index (κ2) is 6.20. The van der Waals surface area contributed by atoms with Crippen LogP contribution >= 0.6 is 11.6 Å². The summed E-state index contributed by atoms with van der Waals surface area (Å²) >= 11 is 5.76. The van der Waals surface area contributed by atoms with Gasteiger partial charge in [0.25, 0.3) is 5.91 Å². The minimum Gasteiger partial charge on any atom is -0.484 e. The lowest BCUT2D eigenvalue weighted by molar-refractivity contribution is -0.118. The standard InChI is InChI=1S/C14H13ClN2O2/c1-10-6-7-16-8-13(10)17-14(18)9-19-12-4-2-11(15)3-5-12/h2-8H,9H2,1H3,(H,17,18). The number of nitrogens with zero attached hydrogens (tertiary/aromatic N) is 1. The molecule has 0 fully saturated rings. The summed E-state index contributed by atoms with van der Waals surface area (Å²) < 4.78 is 5.34. The van der Waals surface area contributed by atoms with E-state index in [1.807, 2.05) is 13.0 Å². The van der Waals surface area contributed by atoms with Crippen molar-refractivity contribution in [3.63, 3.8) is 0 Å². The number of aryl methyl sites for hydroxylation is 1. The number of pyridine rings is 1. The Hall–Kier alpha value is -2.07. The molecule has 1 amide bonds. The Morgan fingerprint density at radius 2 is 2.05 bits per heavy atom. The summed E-state index contributed by atoms with van der Waals surface area (Å²) in [5.74, 6) is 0.369. The van der Waals surface area contributed by atoms with E-state index in [9.17, 15) is 4.79 Å². The topological polar surface area (TPSA) is 51.2 Å². The van der Waals surface area contributed by atoms with Crippen LogP contribution in [-0.2, 0) is 4.79 Å². The van der Waals surface area contributed by atoms with Crippen molar-refractivity contribution < 1.29 is 9.53 Å². The third kappa shape index (κ3) is 3.96. The van der Waals surface area contributed by atoms with Crippen molar-refractivity contribution in [1.82, 2.24) is 4.98 Å². The fourth-order valence-corrected chi connectivity index (χ4v) is 1.59. The number of halogens is 1. The van der Waals surface area contributed by atoms with Gasteiger partial charge >= 0.3 is 0 Å². The second-order valence-corrected chi connectivity index (χ2v) is 4.42. The van der Waals surface area contributed by atoms with Crippen LogP contribution in [0.2, 0.25) is 5.02 Å². The number of rotatable bonds is 4. The van der Waals surface area contributed by atoms with Gasteiger partial charge in [-0.05, 0) is 42.8 Å². The quantitative estimate of drug-likeness (QED) is 0.934. The van der Waals surface area contributed by atoms with Crippen LogP contribution in [0.3, 0.4) is 0 Å². The maximum atomic E-state index is 11.7. The summed E-state index contributed by atoms with van der Waals surface area (Å²) in [5, 5.41) is 3.37. The van der Waals surface area contributed by atoms with Gasteiger partial charge in [0.05, 0.1) is 11.9 Å². The third-order valence-corrected chi connectivity index (χ3v) is 2.75. The molecule has 4 nitrogen and oxygen atoms in total. The number of hydrogen-bond acceptors (Lipinski definition) is 3. The molecule has 0 spiro atoms. The lowest BCUT2D eigenvalue weighted by atomic mass is 10.2. The molecule has 0 bridgehead atoms. The first-order chi connectivity index (χ1) is 9.15. The van der Waals surface area contributed by atoms with Crippen LogP contribution in [0.5, 0.6) is 5.75 Å². The van der Waals surface area contributed by atoms with E-state index in [-0.39, 0.29) is 12.5 Å². The summed E-state index contributed by atoms with van der Waals surface area (Å²) in [5.41, 5.74) is 1.64. The fraction of sp³-hybridized carbons (Fsp3) is 0.143. The van der Waals surface area contributed by atoms with Crippen LogP contribution in [0, 0.1) is 6.92 Å². The summed E-state index contributed by atoms with van der Waals surface area (Å²) in [4.78, 5) is 15.7. The molecule has 0 atom stereocenters. The monoisotopic (exact) mass is 276 g/mol. The number of anilines is 1. The molecule has 0 saturated heterocycles. The van der Waals surface area contributed by atoms with E-state index in [4.69, 9.17) is 16.3 Å². The van der Waals surface area contributed by atoms with Crippen LogP contribution in [0.4, 0.5) is 5.69 Å². The Morgan fingerprint density at radius 3 is 2.74 bits per heavy atom. The third-order valence-electron chi connectivity index (χ3n) is 2.50. The number of benzene rings is 1. The van der Waals surface area contributed by atoms with E-state index in [0.29, 0.717) is 16.5 Å². The van der Waals surface area contributed by atoms with Crippen molar-refractivity contribution in [2.24, 2.45) is 0 Å². The molecule has 1 N–H and O–H groups in total. The highest BCUT2D eigenvalue weighted by Gasteiger charge is 2.05. The van der Waals surface area contributed by atoms with Gasteiger partial charge in [-0.1, -0.05) is 11.6 Å². The molecule has 19 heavy (non-hydrogen) atoms. The molecular weight excluding hydrogens is 264 g/mol. The highest BCUT2D eigenvalue weighted by Crippen LogP contribution is 2.16. The van der Waals surface area contributed by atoms with E-state index in [2.05, 4.69) is 10.3 Å². The maximum Gasteiger partial charge on any atom is 0.262 e. The smallest absolute Gasteiger partial charge is 0.262 e. The normalized spacial score (nSPS) is 10.0. The Labute approximate surface area is 116 Å². The van der Waals surface area contributed by atoms with Crippen LogP contribution < -0.4 is 10.1 Å². The van der Waals surface area contributed by atoms with Crippen LogP contribution in [0.25, 0.3) is 0 Å². The van der Waals surface area contributed by atoms with Gasteiger partial charge < -0.3 is 10.1 Å². The van der Waals surface area contributed by atoms with Gasteiger partial charge in [0.15, 0.2) is 6.61 Å². The molecule has 0 saturated carbocycles. The predicted octanol–water partition coefficient (Wildman–Crippen LogP) is 3.06. The van der Waals surface area contributed by atoms with E-state index >= 15 is 0 Å². The summed E-state index contributed by atoms with van der Waals surface area (Å²) in [7, 11) is 0. The molecule has 2 rings (SSSR count). The number of nitrogens with one attached hydrogen (secondary N) is 1. The van der Waals surface area contributed by atoms with Crippen LogP contribution in [0.15, 0.2) is 42.7 Å². The van der Waals surface area contributed by atoms with Crippen molar-refractivity contribution in [1.29, 1.82) is 0 Å². The van der Waals surface area contributed by atoms with E-state index < -0.39 is 0 Å². The van der Waals surface area contributed by atoms with E-state index in [1.54, 1.807) is 36.7 Å². The molecular formula is C14H13ClN2O2. The van der Waals surface area contributed by atoms with Gasteiger partial charge in [-0.2, -0.15) is 0 Å². The first-order valence-corrected chi connectivity index (χ1v) is 6.12. The number of amides is 1. The Morgan fingerprint density at radius 1 is 1.32 bits per heavy atom. The van der Waals surface area contributed by atoms with Crippen molar-refractivity contribution in [3.8, 4) is 5.75 Å². The van der Waals surface area contributed by atoms with Gasteiger partial charge in [0, 0.05) is 11.2 Å². The first kappa shape index (κ1) is 13.4. The number of hydrogen-bond donors (Lipinski definition) is 1. The maximum absolute atomic E-state index is 11.7. The zero-order valence-electron chi connectivity index (χ0n) is 10.4. The average Bonchev–Trinajstić information content (AvgIpc) is 2.41. The molecule has 0 unspecified atom stereocenters. The SMILES string of the molecule is Cc1ccncc1NC(=O)COc1ccc(Cl)cc1. The molecule has 1 heterocycles. The molecule has 0 aliphatic rings. The summed E-state index contributed by atoms with van der Waals surface area (Å²) in [6.07, 6.45) is 3.28. The largest absolute Gasteiger partial charge is 0.484 e.